The summed E-state index contributed by atoms with van der Waals surface area (Å²) in [4.78, 5) is 15.7. The third-order valence-electron chi connectivity index (χ3n) is 2.91. The molecule has 0 radical (unpaired) electrons. The van der Waals surface area contributed by atoms with E-state index in [0.29, 0.717) is 11.6 Å². The Balaban J connectivity index is 1.79. The zero-order valence-electron chi connectivity index (χ0n) is 9.28. The highest BCUT2D eigenvalue weighted by Gasteiger charge is 2.14. The summed E-state index contributed by atoms with van der Waals surface area (Å²) < 4.78 is 0. The lowest BCUT2D eigenvalue weighted by molar-refractivity contribution is 0.0939. The van der Waals surface area contributed by atoms with Crippen LogP contribution in [0, 0.1) is 5.92 Å². The van der Waals surface area contributed by atoms with Crippen LogP contribution in [0.1, 0.15) is 23.3 Å². The van der Waals surface area contributed by atoms with E-state index in [1.807, 2.05) is 12.1 Å². The summed E-state index contributed by atoms with van der Waals surface area (Å²) in [6.45, 7) is 2.88. The third kappa shape index (κ3) is 3.03. The summed E-state index contributed by atoms with van der Waals surface area (Å²) in [6.07, 6.45) is 3.92. The predicted octanol–water partition coefficient (Wildman–Crippen LogP) is 0.811. The number of rotatable bonds is 3. The van der Waals surface area contributed by atoms with Gasteiger partial charge in [0.2, 0.25) is 0 Å². The lowest BCUT2D eigenvalue weighted by Gasteiger charge is -2.22. The number of nitrogens with zero attached hydrogens (tertiary/aromatic N) is 1. The fraction of sp³-hybridized carbons (Fsp3) is 0.500. The summed E-state index contributed by atoms with van der Waals surface area (Å²) in [5.41, 5.74) is 0.497. The van der Waals surface area contributed by atoms with E-state index in [9.17, 15) is 4.79 Å². The molecule has 1 aliphatic heterocycles. The molecule has 1 aliphatic rings. The fourth-order valence-corrected chi connectivity index (χ4v) is 1.91. The Labute approximate surface area is 95.5 Å². The van der Waals surface area contributed by atoms with Crippen molar-refractivity contribution < 1.29 is 4.79 Å². The standard InChI is InChI=1S/C12H17N3O/c16-12(11-3-1-2-6-14-11)15-9-10-4-7-13-8-5-10/h1-3,6,10,13H,4-5,7-9H2,(H,15,16). The van der Waals surface area contributed by atoms with Gasteiger partial charge >= 0.3 is 0 Å². The van der Waals surface area contributed by atoms with Crippen LogP contribution in [-0.4, -0.2) is 30.5 Å². The predicted molar refractivity (Wildman–Crippen MR) is 62.2 cm³/mol. The number of hydrogen-bond donors (Lipinski definition) is 2. The molecule has 4 nitrogen and oxygen atoms in total. The lowest BCUT2D eigenvalue weighted by Crippen LogP contribution is -2.36. The molecule has 2 N–H and O–H groups in total. The molecule has 0 spiro atoms. The van der Waals surface area contributed by atoms with Crippen molar-refractivity contribution in [3.63, 3.8) is 0 Å². The molecule has 0 atom stereocenters. The minimum atomic E-state index is -0.0702. The first-order valence-electron chi connectivity index (χ1n) is 5.76. The Kier molecular flexibility index (Phi) is 3.88. The number of carbonyl (C=O) groups is 1. The molecular formula is C12H17N3O. The Hall–Kier alpha value is -1.42. The summed E-state index contributed by atoms with van der Waals surface area (Å²) >= 11 is 0. The molecule has 2 heterocycles. The minimum absolute atomic E-state index is 0.0702. The molecule has 1 saturated heterocycles. The van der Waals surface area contributed by atoms with Crippen molar-refractivity contribution in [1.29, 1.82) is 0 Å². The number of hydrogen-bond acceptors (Lipinski definition) is 3. The lowest BCUT2D eigenvalue weighted by atomic mass is 9.98. The van der Waals surface area contributed by atoms with E-state index in [2.05, 4.69) is 15.6 Å². The van der Waals surface area contributed by atoms with Crippen LogP contribution in [0.2, 0.25) is 0 Å². The van der Waals surface area contributed by atoms with Gasteiger partial charge in [0.1, 0.15) is 5.69 Å². The molecule has 1 amide bonds. The molecule has 4 heteroatoms. The maximum Gasteiger partial charge on any atom is 0.269 e. The molecule has 0 aliphatic carbocycles. The molecule has 1 fully saturated rings. The minimum Gasteiger partial charge on any atom is -0.350 e. The van der Waals surface area contributed by atoms with Gasteiger partial charge in [-0.2, -0.15) is 0 Å². The van der Waals surface area contributed by atoms with E-state index in [1.165, 1.54) is 0 Å². The van der Waals surface area contributed by atoms with Gasteiger partial charge in [-0.15, -0.1) is 0 Å². The first-order chi connectivity index (χ1) is 7.86. The van der Waals surface area contributed by atoms with Crippen LogP contribution in [0.15, 0.2) is 24.4 Å². The van der Waals surface area contributed by atoms with Crippen LogP contribution in [0.3, 0.4) is 0 Å². The van der Waals surface area contributed by atoms with E-state index in [1.54, 1.807) is 12.3 Å². The normalized spacial score (nSPS) is 17.0. The number of amides is 1. The molecule has 86 valence electrons. The summed E-state index contributed by atoms with van der Waals surface area (Å²) in [5, 5.41) is 6.25. The largest absolute Gasteiger partial charge is 0.350 e. The first-order valence-corrected chi connectivity index (χ1v) is 5.76. The van der Waals surface area contributed by atoms with Crippen molar-refractivity contribution >= 4 is 5.91 Å². The van der Waals surface area contributed by atoms with Crippen LogP contribution in [0.4, 0.5) is 0 Å². The van der Waals surface area contributed by atoms with Crippen LogP contribution in [0.5, 0.6) is 0 Å². The maximum absolute atomic E-state index is 11.7. The van der Waals surface area contributed by atoms with Gasteiger partial charge in [0.25, 0.3) is 5.91 Å². The van der Waals surface area contributed by atoms with Crippen molar-refractivity contribution in [2.24, 2.45) is 5.92 Å². The zero-order valence-corrected chi connectivity index (χ0v) is 9.28. The first kappa shape index (κ1) is 11.1. The van der Waals surface area contributed by atoms with E-state index in [0.717, 1.165) is 32.5 Å². The van der Waals surface area contributed by atoms with Gasteiger partial charge in [0, 0.05) is 12.7 Å². The zero-order chi connectivity index (χ0) is 11.2. The molecule has 1 aromatic rings. The smallest absolute Gasteiger partial charge is 0.269 e. The van der Waals surface area contributed by atoms with Crippen molar-refractivity contribution in [1.82, 2.24) is 15.6 Å². The van der Waals surface area contributed by atoms with Gasteiger partial charge in [0.15, 0.2) is 0 Å². The second-order valence-corrected chi connectivity index (χ2v) is 4.12. The molecule has 0 unspecified atom stereocenters. The van der Waals surface area contributed by atoms with E-state index in [4.69, 9.17) is 0 Å². The number of aromatic nitrogens is 1. The average molecular weight is 219 g/mol. The molecule has 0 saturated carbocycles. The summed E-state index contributed by atoms with van der Waals surface area (Å²) in [7, 11) is 0. The van der Waals surface area contributed by atoms with Gasteiger partial charge < -0.3 is 10.6 Å². The quantitative estimate of drug-likeness (QED) is 0.791. The highest BCUT2D eigenvalue weighted by molar-refractivity contribution is 5.92. The molecule has 0 aromatic carbocycles. The van der Waals surface area contributed by atoms with Gasteiger partial charge in [-0.05, 0) is 44.0 Å². The topological polar surface area (TPSA) is 54.0 Å². The van der Waals surface area contributed by atoms with Crippen LogP contribution < -0.4 is 10.6 Å². The van der Waals surface area contributed by atoms with Crippen molar-refractivity contribution in [3.8, 4) is 0 Å². The number of piperidine rings is 1. The Morgan fingerprint density at radius 3 is 2.94 bits per heavy atom. The van der Waals surface area contributed by atoms with Crippen molar-refractivity contribution in [3.05, 3.63) is 30.1 Å². The highest BCUT2D eigenvalue weighted by Crippen LogP contribution is 2.09. The third-order valence-corrected chi connectivity index (χ3v) is 2.91. The van der Waals surface area contributed by atoms with Gasteiger partial charge in [-0.1, -0.05) is 6.07 Å². The Bertz CT molecular complexity index is 333. The summed E-state index contributed by atoms with van der Waals surface area (Å²) in [5.74, 6) is 0.535. The van der Waals surface area contributed by atoms with Crippen LogP contribution >= 0.6 is 0 Å². The average Bonchev–Trinajstić information content (AvgIpc) is 2.38. The fourth-order valence-electron chi connectivity index (χ4n) is 1.91. The van der Waals surface area contributed by atoms with Gasteiger partial charge in [-0.25, -0.2) is 0 Å². The van der Waals surface area contributed by atoms with Crippen LogP contribution in [-0.2, 0) is 0 Å². The molecule has 0 bridgehead atoms. The van der Waals surface area contributed by atoms with Gasteiger partial charge in [-0.3, -0.25) is 9.78 Å². The summed E-state index contributed by atoms with van der Waals surface area (Å²) in [6, 6.07) is 5.37. The second-order valence-electron chi connectivity index (χ2n) is 4.12. The Morgan fingerprint density at radius 1 is 1.44 bits per heavy atom. The maximum atomic E-state index is 11.7. The number of carbonyl (C=O) groups excluding carboxylic acids is 1. The van der Waals surface area contributed by atoms with Crippen molar-refractivity contribution in [2.45, 2.75) is 12.8 Å². The van der Waals surface area contributed by atoms with E-state index >= 15 is 0 Å². The number of nitrogens with one attached hydrogen (secondary N) is 2. The number of pyridine rings is 1. The van der Waals surface area contributed by atoms with Crippen molar-refractivity contribution in [2.75, 3.05) is 19.6 Å². The Morgan fingerprint density at radius 2 is 2.25 bits per heavy atom. The van der Waals surface area contributed by atoms with E-state index < -0.39 is 0 Å². The molecule has 2 rings (SSSR count). The molecule has 1 aromatic heterocycles. The molecule has 16 heavy (non-hydrogen) atoms. The monoisotopic (exact) mass is 219 g/mol. The second kappa shape index (κ2) is 5.61. The molecular weight excluding hydrogens is 202 g/mol. The van der Waals surface area contributed by atoms with E-state index in [-0.39, 0.29) is 5.91 Å². The van der Waals surface area contributed by atoms with Gasteiger partial charge in [0.05, 0.1) is 0 Å². The van der Waals surface area contributed by atoms with Crippen LogP contribution in [0.25, 0.3) is 0 Å². The SMILES string of the molecule is O=C(NCC1CCNCC1)c1ccccn1. The highest BCUT2D eigenvalue weighted by atomic mass is 16.1.